The van der Waals surface area contributed by atoms with Gasteiger partial charge in [0.1, 0.15) is 0 Å². The van der Waals surface area contributed by atoms with Crippen molar-refractivity contribution in [1.29, 1.82) is 0 Å². The monoisotopic (exact) mass is 282 g/mol. The fourth-order valence-electron chi connectivity index (χ4n) is 3.23. The molecule has 0 radical (unpaired) electrons. The average molecular weight is 282 g/mol. The molecular weight excluding hydrogens is 252 g/mol. The normalized spacial score (nSPS) is 26.6. The first-order valence-electron chi connectivity index (χ1n) is 7.91. The van der Waals surface area contributed by atoms with Crippen molar-refractivity contribution in [2.45, 2.75) is 37.8 Å². The molecule has 0 aromatic rings. The second-order valence-corrected chi connectivity index (χ2v) is 6.61. The fourth-order valence-corrected chi connectivity index (χ4v) is 3.23. The standard InChI is InChI=1S/C15H30N4O/c1-17(2)15(20)12-19-9-6-13(7-10-19)16-14-5-4-8-18(3)11-14/h13-14,16H,4-12H2,1-3H3. The highest BCUT2D eigenvalue weighted by molar-refractivity contribution is 5.77. The summed E-state index contributed by atoms with van der Waals surface area (Å²) in [6.45, 7) is 5.08. The van der Waals surface area contributed by atoms with E-state index in [1.54, 1.807) is 4.90 Å². The van der Waals surface area contributed by atoms with E-state index < -0.39 is 0 Å². The third kappa shape index (κ3) is 4.72. The maximum Gasteiger partial charge on any atom is 0.236 e. The molecule has 5 heteroatoms. The summed E-state index contributed by atoms with van der Waals surface area (Å²) in [4.78, 5) is 18.1. The topological polar surface area (TPSA) is 38.8 Å². The molecule has 0 bridgehead atoms. The van der Waals surface area contributed by atoms with Gasteiger partial charge in [-0.15, -0.1) is 0 Å². The second kappa shape index (κ2) is 7.38. The molecule has 2 rings (SSSR count). The Kier molecular flexibility index (Phi) is 5.81. The summed E-state index contributed by atoms with van der Waals surface area (Å²) >= 11 is 0. The van der Waals surface area contributed by atoms with Gasteiger partial charge in [0.25, 0.3) is 0 Å². The number of carbonyl (C=O) groups excluding carboxylic acids is 1. The van der Waals surface area contributed by atoms with Crippen LogP contribution in [0.4, 0.5) is 0 Å². The second-order valence-electron chi connectivity index (χ2n) is 6.61. The summed E-state index contributed by atoms with van der Waals surface area (Å²) in [5.41, 5.74) is 0. The van der Waals surface area contributed by atoms with Crippen LogP contribution >= 0.6 is 0 Å². The van der Waals surface area contributed by atoms with Crippen LogP contribution in [0.2, 0.25) is 0 Å². The molecule has 2 heterocycles. The number of amides is 1. The van der Waals surface area contributed by atoms with Crippen LogP contribution in [0.1, 0.15) is 25.7 Å². The highest BCUT2D eigenvalue weighted by atomic mass is 16.2. The zero-order chi connectivity index (χ0) is 14.5. The number of rotatable bonds is 4. The number of nitrogens with one attached hydrogen (secondary N) is 1. The summed E-state index contributed by atoms with van der Waals surface area (Å²) in [5.74, 6) is 0.213. The lowest BCUT2D eigenvalue weighted by Crippen LogP contribution is -2.52. The Hall–Kier alpha value is -0.650. The zero-order valence-corrected chi connectivity index (χ0v) is 13.3. The van der Waals surface area contributed by atoms with E-state index in [1.807, 2.05) is 14.1 Å². The van der Waals surface area contributed by atoms with Crippen molar-refractivity contribution in [3.63, 3.8) is 0 Å². The Bertz CT molecular complexity index is 313. The molecule has 0 aromatic heterocycles. The summed E-state index contributed by atoms with van der Waals surface area (Å²) in [6.07, 6.45) is 4.95. The van der Waals surface area contributed by atoms with Gasteiger partial charge in [0.2, 0.25) is 5.91 Å². The molecule has 2 aliphatic heterocycles. The van der Waals surface area contributed by atoms with E-state index in [2.05, 4.69) is 22.2 Å². The lowest BCUT2D eigenvalue weighted by Gasteiger charge is -2.37. The zero-order valence-electron chi connectivity index (χ0n) is 13.3. The maximum atomic E-state index is 11.7. The average Bonchev–Trinajstić information content (AvgIpc) is 2.41. The van der Waals surface area contributed by atoms with E-state index in [4.69, 9.17) is 0 Å². The third-order valence-electron chi connectivity index (χ3n) is 4.54. The molecular formula is C15H30N4O. The van der Waals surface area contributed by atoms with Crippen LogP contribution in [0, 0.1) is 0 Å². The molecule has 1 N–H and O–H groups in total. The number of carbonyl (C=O) groups is 1. The summed E-state index contributed by atoms with van der Waals surface area (Å²) in [6, 6.07) is 1.30. The van der Waals surface area contributed by atoms with Crippen molar-refractivity contribution in [1.82, 2.24) is 20.0 Å². The third-order valence-corrected chi connectivity index (χ3v) is 4.54. The van der Waals surface area contributed by atoms with Gasteiger partial charge in [-0.25, -0.2) is 0 Å². The van der Waals surface area contributed by atoms with Crippen molar-refractivity contribution in [2.75, 3.05) is 53.9 Å². The van der Waals surface area contributed by atoms with Crippen molar-refractivity contribution in [3.05, 3.63) is 0 Å². The summed E-state index contributed by atoms with van der Waals surface area (Å²) in [7, 11) is 5.87. The molecule has 1 unspecified atom stereocenters. The number of likely N-dealkylation sites (tertiary alicyclic amines) is 2. The highest BCUT2D eigenvalue weighted by Gasteiger charge is 2.24. The maximum absolute atomic E-state index is 11.7. The fraction of sp³-hybridized carbons (Fsp3) is 0.933. The van der Waals surface area contributed by atoms with Crippen LogP contribution in [-0.4, -0.2) is 86.6 Å². The minimum absolute atomic E-state index is 0.213. The molecule has 1 atom stereocenters. The highest BCUT2D eigenvalue weighted by Crippen LogP contribution is 2.14. The van der Waals surface area contributed by atoms with Crippen LogP contribution in [0.5, 0.6) is 0 Å². The molecule has 1 amide bonds. The molecule has 5 nitrogen and oxygen atoms in total. The SMILES string of the molecule is CN1CCCC(NC2CCN(CC(=O)N(C)C)CC2)C1. The van der Waals surface area contributed by atoms with Gasteiger partial charge < -0.3 is 15.1 Å². The quantitative estimate of drug-likeness (QED) is 0.801. The van der Waals surface area contributed by atoms with Crippen molar-refractivity contribution < 1.29 is 4.79 Å². The van der Waals surface area contributed by atoms with Gasteiger partial charge in [0.15, 0.2) is 0 Å². The van der Waals surface area contributed by atoms with Crippen molar-refractivity contribution in [2.24, 2.45) is 0 Å². The lowest BCUT2D eigenvalue weighted by molar-refractivity contribution is -0.130. The largest absolute Gasteiger partial charge is 0.348 e. The molecule has 0 spiro atoms. The van der Waals surface area contributed by atoms with Crippen molar-refractivity contribution in [3.8, 4) is 0 Å². The number of hydrogen-bond acceptors (Lipinski definition) is 4. The smallest absolute Gasteiger partial charge is 0.236 e. The molecule has 2 fully saturated rings. The molecule has 20 heavy (non-hydrogen) atoms. The number of likely N-dealkylation sites (N-methyl/N-ethyl adjacent to an activating group) is 2. The van der Waals surface area contributed by atoms with Gasteiger partial charge >= 0.3 is 0 Å². The van der Waals surface area contributed by atoms with Crippen LogP contribution in [0.3, 0.4) is 0 Å². The van der Waals surface area contributed by atoms with Crippen LogP contribution < -0.4 is 5.32 Å². The van der Waals surface area contributed by atoms with Gasteiger partial charge in [-0.1, -0.05) is 0 Å². The Labute approximate surface area is 123 Å². The van der Waals surface area contributed by atoms with Gasteiger partial charge in [-0.05, 0) is 39.3 Å². The van der Waals surface area contributed by atoms with E-state index in [9.17, 15) is 4.79 Å². The van der Waals surface area contributed by atoms with E-state index in [0.29, 0.717) is 18.6 Å². The minimum Gasteiger partial charge on any atom is -0.348 e. The van der Waals surface area contributed by atoms with E-state index in [1.165, 1.54) is 38.8 Å². The Morgan fingerprint density at radius 2 is 1.85 bits per heavy atom. The van der Waals surface area contributed by atoms with Crippen molar-refractivity contribution >= 4 is 5.91 Å². The van der Waals surface area contributed by atoms with Crippen LogP contribution in [0.25, 0.3) is 0 Å². The molecule has 2 saturated heterocycles. The molecule has 2 aliphatic rings. The summed E-state index contributed by atoms with van der Waals surface area (Å²) in [5, 5.41) is 3.82. The van der Waals surface area contributed by atoms with E-state index in [0.717, 1.165) is 13.1 Å². The predicted molar refractivity (Wildman–Crippen MR) is 81.8 cm³/mol. The minimum atomic E-state index is 0.213. The molecule has 0 saturated carbocycles. The molecule has 0 aromatic carbocycles. The lowest BCUT2D eigenvalue weighted by atomic mass is 10.0. The van der Waals surface area contributed by atoms with Crippen LogP contribution in [0.15, 0.2) is 0 Å². The first-order chi connectivity index (χ1) is 9.54. The Balaban J connectivity index is 1.67. The number of piperidine rings is 2. The Morgan fingerprint density at radius 1 is 1.15 bits per heavy atom. The number of hydrogen-bond donors (Lipinski definition) is 1. The van der Waals surface area contributed by atoms with Gasteiger partial charge in [0, 0.05) is 45.8 Å². The van der Waals surface area contributed by atoms with Gasteiger partial charge in [-0.2, -0.15) is 0 Å². The van der Waals surface area contributed by atoms with E-state index in [-0.39, 0.29) is 5.91 Å². The van der Waals surface area contributed by atoms with Gasteiger partial charge in [-0.3, -0.25) is 9.69 Å². The first kappa shape index (κ1) is 15.7. The number of nitrogens with zero attached hydrogens (tertiary/aromatic N) is 3. The first-order valence-corrected chi connectivity index (χ1v) is 7.91. The Morgan fingerprint density at radius 3 is 2.45 bits per heavy atom. The van der Waals surface area contributed by atoms with Gasteiger partial charge in [0.05, 0.1) is 6.54 Å². The molecule has 0 aliphatic carbocycles. The predicted octanol–water partition coefficient (Wildman–Crippen LogP) is 0.223. The molecule has 116 valence electrons. The van der Waals surface area contributed by atoms with E-state index >= 15 is 0 Å². The summed E-state index contributed by atoms with van der Waals surface area (Å²) < 4.78 is 0. The van der Waals surface area contributed by atoms with Crippen LogP contribution in [-0.2, 0) is 4.79 Å².